The number of aliphatic hydroxyl groups is 3. The number of hydrogen-bond acceptors (Lipinski definition) is 3. The summed E-state index contributed by atoms with van der Waals surface area (Å²) in [6.45, 7) is 2.20. The number of aliphatic hydroxyl groups excluding tert-OH is 3. The van der Waals surface area contributed by atoms with E-state index < -0.39 is 0 Å². The van der Waals surface area contributed by atoms with Crippen LogP contribution in [-0.2, 0) is 0 Å². The third kappa shape index (κ3) is 8.48. The average Bonchev–Trinajstić information content (AvgIpc) is 2.15. The predicted octanol–water partition coefficient (Wildman–Crippen LogP) is 1.45. The molecule has 0 heterocycles. The van der Waals surface area contributed by atoms with Crippen LogP contribution >= 0.6 is 0 Å². The van der Waals surface area contributed by atoms with E-state index in [4.69, 9.17) is 5.11 Å². The van der Waals surface area contributed by atoms with Crippen LogP contribution in [0.3, 0.4) is 0 Å². The van der Waals surface area contributed by atoms with Gasteiger partial charge in [0.2, 0.25) is 0 Å². The molecule has 3 nitrogen and oxygen atoms in total. The number of rotatable bonds is 9. The van der Waals surface area contributed by atoms with Gasteiger partial charge in [-0.05, 0) is 38.5 Å². The van der Waals surface area contributed by atoms with E-state index in [1.807, 2.05) is 0 Å². The van der Waals surface area contributed by atoms with Crippen LogP contribution in [0.15, 0.2) is 0 Å². The summed E-state index contributed by atoms with van der Waals surface area (Å²) in [6, 6.07) is 0. The summed E-state index contributed by atoms with van der Waals surface area (Å²) in [5.74, 6) is 0. The smallest absolute Gasteiger partial charge is 0.0541 e. The zero-order valence-corrected chi connectivity index (χ0v) is 9.15. The first kappa shape index (κ1) is 13.9. The van der Waals surface area contributed by atoms with Crippen molar-refractivity contribution >= 4 is 0 Å². The SMILES string of the molecule is CCCC(O)CCCC(O)CCCO. The molecule has 0 aliphatic carbocycles. The zero-order chi connectivity index (χ0) is 10.8. The third-order valence-corrected chi connectivity index (χ3v) is 2.39. The van der Waals surface area contributed by atoms with Gasteiger partial charge in [-0.25, -0.2) is 0 Å². The van der Waals surface area contributed by atoms with Crippen LogP contribution in [0.1, 0.15) is 51.9 Å². The number of hydrogen-bond donors (Lipinski definition) is 3. The van der Waals surface area contributed by atoms with Gasteiger partial charge in [0.05, 0.1) is 12.2 Å². The van der Waals surface area contributed by atoms with Gasteiger partial charge < -0.3 is 15.3 Å². The first-order valence-corrected chi connectivity index (χ1v) is 5.67. The van der Waals surface area contributed by atoms with Crippen LogP contribution in [0.25, 0.3) is 0 Å². The molecule has 0 aromatic carbocycles. The van der Waals surface area contributed by atoms with Crippen LogP contribution in [-0.4, -0.2) is 34.1 Å². The summed E-state index contributed by atoms with van der Waals surface area (Å²) in [6.07, 6.45) is 5.07. The molecule has 0 aliphatic heterocycles. The van der Waals surface area contributed by atoms with E-state index >= 15 is 0 Å². The summed E-state index contributed by atoms with van der Waals surface area (Å²) in [5.41, 5.74) is 0. The predicted molar refractivity (Wildman–Crippen MR) is 57.1 cm³/mol. The van der Waals surface area contributed by atoms with E-state index in [2.05, 4.69) is 6.92 Å². The molecule has 0 spiro atoms. The van der Waals surface area contributed by atoms with Gasteiger partial charge in [0.1, 0.15) is 0 Å². The first-order valence-electron chi connectivity index (χ1n) is 5.67. The van der Waals surface area contributed by atoms with Crippen molar-refractivity contribution in [2.24, 2.45) is 0 Å². The molecule has 2 atom stereocenters. The van der Waals surface area contributed by atoms with Crippen molar-refractivity contribution in [3.05, 3.63) is 0 Å². The Hall–Kier alpha value is -0.120. The second-order valence-corrected chi connectivity index (χ2v) is 3.89. The second kappa shape index (κ2) is 9.44. The average molecular weight is 204 g/mol. The largest absolute Gasteiger partial charge is 0.396 e. The molecule has 2 unspecified atom stereocenters. The van der Waals surface area contributed by atoms with Crippen LogP contribution in [0.2, 0.25) is 0 Å². The molecule has 0 bridgehead atoms. The molecule has 0 saturated heterocycles. The highest BCUT2D eigenvalue weighted by molar-refractivity contribution is 4.60. The second-order valence-electron chi connectivity index (χ2n) is 3.89. The van der Waals surface area contributed by atoms with Crippen molar-refractivity contribution in [2.45, 2.75) is 64.1 Å². The van der Waals surface area contributed by atoms with Crippen molar-refractivity contribution in [2.75, 3.05) is 6.61 Å². The summed E-state index contributed by atoms with van der Waals surface area (Å²) in [4.78, 5) is 0. The molecule has 3 N–H and O–H groups in total. The fraction of sp³-hybridized carbons (Fsp3) is 1.00. The molecule has 0 aromatic rings. The van der Waals surface area contributed by atoms with Crippen LogP contribution in [0.5, 0.6) is 0 Å². The van der Waals surface area contributed by atoms with Crippen LogP contribution in [0.4, 0.5) is 0 Å². The monoisotopic (exact) mass is 204 g/mol. The van der Waals surface area contributed by atoms with Crippen molar-refractivity contribution in [1.82, 2.24) is 0 Å². The summed E-state index contributed by atoms with van der Waals surface area (Å²) < 4.78 is 0. The Morgan fingerprint density at radius 1 is 0.857 bits per heavy atom. The minimum absolute atomic E-state index is 0.148. The lowest BCUT2D eigenvalue weighted by atomic mass is 10.0. The van der Waals surface area contributed by atoms with Gasteiger partial charge in [-0.3, -0.25) is 0 Å². The molecule has 0 saturated carbocycles. The highest BCUT2D eigenvalue weighted by Crippen LogP contribution is 2.10. The van der Waals surface area contributed by atoms with Gasteiger partial charge in [-0.2, -0.15) is 0 Å². The maximum Gasteiger partial charge on any atom is 0.0541 e. The van der Waals surface area contributed by atoms with Crippen molar-refractivity contribution in [1.29, 1.82) is 0 Å². The fourth-order valence-corrected chi connectivity index (χ4v) is 1.54. The summed E-state index contributed by atoms with van der Waals surface area (Å²) >= 11 is 0. The maximum atomic E-state index is 9.43. The lowest BCUT2D eigenvalue weighted by molar-refractivity contribution is 0.118. The molecule has 0 aliphatic rings. The molecule has 0 aromatic heterocycles. The van der Waals surface area contributed by atoms with Gasteiger partial charge in [-0.15, -0.1) is 0 Å². The Morgan fingerprint density at radius 3 is 1.86 bits per heavy atom. The summed E-state index contributed by atoms with van der Waals surface area (Å²) in [5, 5.41) is 27.4. The van der Waals surface area contributed by atoms with Crippen molar-refractivity contribution < 1.29 is 15.3 Å². The van der Waals surface area contributed by atoms with Gasteiger partial charge in [0.15, 0.2) is 0 Å². The molecule has 14 heavy (non-hydrogen) atoms. The van der Waals surface area contributed by atoms with Crippen LogP contribution < -0.4 is 0 Å². The van der Waals surface area contributed by atoms with E-state index in [-0.39, 0.29) is 18.8 Å². The molecule has 0 rings (SSSR count). The first-order chi connectivity index (χ1) is 6.70. The fourth-order valence-electron chi connectivity index (χ4n) is 1.54. The third-order valence-electron chi connectivity index (χ3n) is 2.39. The van der Waals surface area contributed by atoms with Gasteiger partial charge in [0, 0.05) is 6.61 Å². The lowest BCUT2D eigenvalue weighted by Crippen LogP contribution is -2.10. The molecule has 0 amide bonds. The summed E-state index contributed by atoms with van der Waals surface area (Å²) in [7, 11) is 0. The zero-order valence-electron chi connectivity index (χ0n) is 9.15. The molecule has 0 fully saturated rings. The molecular weight excluding hydrogens is 180 g/mol. The van der Waals surface area contributed by atoms with Gasteiger partial charge in [0.25, 0.3) is 0 Å². The molecular formula is C11H24O3. The Kier molecular flexibility index (Phi) is 9.35. The maximum absolute atomic E-state index is 9.43. The molecule has 3 heteroatoms. The van der Waals surface area contributed by atoms with E-state index in [1.54, 1.807) is 0 Å². The highest BCUT2D eigenvalue weighted by Gasteiger charge is 2.06. The standard InChI is InChI=1S/C11H24O3/c1-2-5-10(13)6-3-7-11(14)8-4-9-12/h10-14H,2-9H2,1H3. The van der Waals surface area contributed by atoms with Gasteiger partial charge >= 0.3 is 0 Å². The molecule has 86 valence electrons. The molecule has 0 radical (unpaired) electrons. The van der Waals surface area contributed by atoms with Crippen LogP contribution in [0, 0.1) is 0 Å². The lowest BCUT2D eigenvalue weighted by Gasteiger charge is -2.12. The van der Waals surface area contributed by atoms with Crippen molar-refractivity contribution in [3.8, 4) is 0 Å². The Bertz CT molecular complexity index is 117. The van der Waals surface area contributed by atoms with E-state index in [0.717, 1.165) is 32.1 Å². The van der Waals surface area contributed by atoms with Crippen molar-refractivity contribution in [3.63, 3.8) is 0 Å². The normalized spacial score (nSPS) is 15.4. The Balaban J connectivity index is 3.25. The van der Waals surface area contributed by atoms with E-state index in [1.165, 1.54) is 0 Å². The highest BCUT2D eigenvalue weighted by atomic mass is 16.3. The Morgan fingerprint density at radius 2 is 1.36 bits per heavy atom. The Labute approximate surface area is 86.8 Å². The minimum atomic E-state index is -0.309. The quantitative estimate of drug-likeness (QED) is 0.533. The minimum Gasteiger partial charge on any atom is -0.396 e. The van der Waals surface area contributed by atoms with E-state index in [9.17, 15) is 10.2 Å². The van der Waals surface area contributed by atoms with Gasteiger partial charge in [-0.1, -0.05) is 13.3 Å². The van der Waals surface area contributed by atoms with E-state index in [0.29, 0.717) is 12.8 Å². The topological polar surface area (TPSA) is 60.7 Å².